The molecule has 0 aromatic carbocycles. The zero-order valence-corrected chi connectivity index (χ0v) is 7.12. The molecule has 1 heterocycles. The van der Waals surface area contributed by atoms with Gasteiger partial charge in [-0.1, -0.05) is 23.7 Å². The maximum atomic E-state index is 5.25. The molecular weight excluding hydrogens is 160 g/mol. The number of rotatable bonds is 0. The van der Waals surface area contributed by atoms with Gasteiger partial charge in [-0.2, -0.15) is 0 Å². The van der Waals surface area contributed by atoms with Gasteiger partial charge in [-0.3, -0.25) is 0 Å². The van der Waals surface area contributed by atoms with Crippen LogP contribution >= 0.6 is 11.6 Å². The largest absolute Gasteiger partial charge is 0.384 e. The highest BCUT2D eigenvalue weighted by molar-refractivity contribution is 6.25. The number of aromatic nitrogens is 1. The summed E-state index contributed by atoms with van der Waals surface area (Å²) in [5, 5.41) is 0. The summed E-state index contributed by atoms with van der Waals surface area (Å²) in [6.45, 7) is 1.87. The summed E-state index contributed by atoms with van der Waals surface area (Å²) in [6, 6.07) is 5.43. The second-order valence-corrected chi connectivity index (χ2v) is 1.97. The number of allylic oxidation sites excluding steroid dienone is 1. The third-order valence-corrected chi connectivity index (χ3v) is 1.07. The fraction of sp³-hybridized carbons (Fsp3) is 0.125. The van der Waals surface area contributed by atoms with Gasteiger partial charge in [0.05, 0.1) is 0 Å². The van der Waals surface area contributed by atoms with Crippen molar-refractivity contribution in [3.05, 3.63) is 36.0 Å². The molecule has 0 fully saturated rings. The van der Waals surface area contributed by atoms with E-state index in [0.29, 0.717) is 5.82 Å². The first-order chi connectivity index (χ1) is 5.31. The Balaban J connectivity index is 0.000000218. The van der Waals surface area contributed by atoms with Gasteiger partial charge in [0.2, 0.25) is 0 Å². The molecule has 1 aromatic rings. The van der Waals surface area contributed by atoms with Crippen LogP contribution in [0.25, 0.3) is 0 Å². The minimum absolute atomic E-state index is 0.572. The average Bonchev–Trinajstić information content (AvgIpc) is 2.07. The van der Waals surface area contributed by atoms with Crippen molar-refractivity contribution >= 4 is 17.4 Å². The van der Waals surface area contributed by atoms with E-state index < -0.39 is 0 Å². The predicted octanol–water partition coefficient (Wildman–Crippen LogP) is 2.42. The number of hydrogen-bond donors (Lipinski definition) is 1. The van der Waals surface area contributed by atoms with Crippen LogP contribution in [0.2, 0.25) is 0 Å². The van der Waals surface area contributed by atoms with Crippen molar-refractivity contribution < 1.29 is 0 Å². The van der Waals surface area contributed by atoms with E-state index in [9.17, 15) is 0 Å². The molecule has 3 heteroatoms. The van der Waals surface area contributed by atoms with E-state index in [1.807, 2.05) is 19.1 Å². The van der Waals surface area contributed by atoms with Crippen molar-refractivity contribution in [2.75, 3.05) is 5.73 Å². The van der Waals surface area contributed by atoms with E-state index in [1.165, 1.54) is 5.54 Å². The van der Waals surface area contributed by atoms with Crippen LogP contribution in [0.4, 0.5) is 5.82 Å². The van der Waals surface area contributed by atoms with Crippen LogP contribution in [-0.2, 0) is 0 Å². The molecule has 0 aliphatic rings. The van der Waals surface area contributed by atoms with Gasteiger partial charge in [-0.15, -0.1) is 0 Å². The molecule has 11 heavy (non-hydrogen) atoms. The number of hydrogen-bond acceptors (Lipinski definition) is 2. The van der Waals surface area contributed by atoms with Gasteiger partial charge in [0.25, 0.3) is 0 Å². The van der Waals surface area contributed by atoms with E-state index in [-0.39, 0.29) is 0 Å². The minimum Gasteiger partial charge on any atom is -0.384 e. The molecule has 0 saturated carbocycles. The number of nitrogen functional groups attached to an aromatic ring is 1. The Morgan fingerprint density at radius 2 is 2.18 bits per heavy atom. The van der Waals surface area contributed by atoms with Crippen LogP contribution in [0.3, 0.4) is 0 Å². The number of anilines is 1. The molecule has 0 amide bonds. The van der Waals surface area contributed by atoms with Crippen LogP contribution in [0, 0.1) is 0 Å². The molecule has 2 nitrogen and oxygen atoms in total. The summed E-state index contributed by atoms with van der Waals surface area (Å²) in [6.07, 6.45) is 3.43. The minimum atomic E-state index is 0.572. The van der Waals surface area contributed by atoms with Crippen molar-refractivity contribution in [1.29, 1.82) is 0 Å². The predicted molar refractivity (Wildman–Crippen MR) is 49.3 cm³/mol. The standard InChI is InChI=1S/C5H6N2.C3H5Cl/c6-5-3-1-2-4-7-5;1-2-3-4/h1-4H,(H2,6,7);2-3H,1H3. The lowest BCUT2D eigenvalue weighted by atomic mass is 10.5. The molecule has 0 atom stereocenters. The quantitative estimate of drug-likeness (QED) is 0.650. The maximum absolute atomic E-state index is 5.25. The number of nitrogens with zero attached hydrogens (tertiary/aromatic N) is 1. The normalized spacial score (nSPS) is 8.91. The summed E-state index contributed by atoms with van der Waals surface area (Å²) >= 11 is 5.01. The van der Waals surface area contributed by atoms with Crippen LogP contribution < -0.4 is 5.73 Å². The molecule has 0 unspecified atom stereocenters. The van der Waals surface area contributed by atoms with E-state index >= 15 is 0 Å². The number of halogens is 1. The molecule has 0 bridgehead atoms. The summed E-state index contributed by atoms with van der Waals surface area (Å²) in [7, 11) is 0. The topological polar surface area (TPSA) is 38.9 Å². The smallest absolute Gasteiger partial charge is 0.123 e. The molecule has 1 rings (SSSR count). The molecule has 0 spiro atoms. The number of nitrogens with two attached hydrogens (primary N) is 1. The lowest BCUT2D eigenvalue weighted by Gasteiger charge is -1.82. The van der Waals surface area contributed by atoms with E-state index in [4.69, 9.17) is 17.3 Å². The van der Waals surface area contributed by atoms with Crippen molar-refractivity contribution in [1.82, 2.24) is 4.98 Å². The van der Waals surface area contributed by atoms with Gasteiger partial charge in [0, 0.05) is 6.20 Å². The first-order valence-corrected chi connectivity index (χ1v) is 3.62. The van der Waals surface area contributed by atoms with Crippen LogP contribution in [-0.4, -0.2) is 4.98 Å². The summed E-state index contributed by atoms with van der Waals surface area (Å²) < 4.78 is 0. The average molecular weight is 171 g/mol. The fourth-order valence-electron chi connectivity index (χ4n) is 0.376. The van der Waals surface area contributed by atoms with Crippen molar-refractivity contribution in [3.63, 3.8) is 0 Å². The Morgan fingerprint density at radius 3 is 2.36 bits per heavy atom. The lowest BCUT2D eigenvalue weighted by molar-refractivity contribution is 1.34. The highest BCUT2D eigenvalue weighted by Gasteiger charge is 1.73. The third kappa shape index (κ3) is 6.87. The van der Waals surface area contributed by atoms with E-state index in [2.05, 4.69) is 4.98 Å². The van der Waals surface area contributed by atoms with Crippen LogP contribution in [0.5, 0.6) is 0 Å². The maximum Gasteiger partial charge on any atom is 0.123 e. The Labute approximate surface area is 71.7 Å². The van der Waals surface area contributed by atoms with Gasteiger partial charge in [0.1, 0.15) is 5.82 Å². The molecule has 60 valence electrons. The fourth-order valence-corrected chi connectivity index (χ4v) is 0.376. The first-order valence-electron chi connectivity index (χ1n) is 3.19. The van der Waals surface area contributed by atoms with Gasteiger partial charge in [-0.05, 0) is 24.6 Å². The Bertz CT molecular complexity index is 193. The number of pyridine rings is 1. The molecule has 0 aliphatic carbocycles. The third-order valence-electron chi connectivity index (χ3n) is 0.814. The monoisotopic (exact) mass is 170 g/mol. The lowest BCUT2D eigenvalue weighted by Crippen LogP contribution is -1.85. The highest BCUT2D eigenvalue weighted by Crippen LogP contribution is 1.89. The zero-order chi connectivity index (χ0) is 8.53. The van der Waals surface area contributed by atoms with Gasteiger partial charge in [0.15, 0.2) is 0 Å². The zero-order valence-electron chi connectivity index (χ0n) is 6.37. The molecular formula is C8H11ClN2. The highest BCUT2D eigenvalue weighted by atomic mass is 35.5. The molecule has 0 radical (unpaired) electrons. The SMILES string of the molecule is CC=CCl.Nc1ccccn1. The summed E-state index contributed by atoms with van der Waals surface area (Å²) in [4.78, 5) is 3.76. The second-order valence-electron chi connectivity index (χ2n) is 1.71. The molecule has 0 aliphatic heterocycles. The second kappa shape index (κ2) is 7.09. The van der Waals surface area contributed by atoms with E-state index in [1.54, 1.807) is 18.3 Å². The van der Waals surface area contributed by atoms with Crippen LogP contribution in [0.15, 0.2) is 36.0 Å². The first kappa shape index (κ1) is 9.98. The Morgan fingerprint density at radius 1 is 1.55 bits per heavy atom. The van der Waals surface area contributed by atoms with Crippen LogP contribution in [0.1, 0.15) is 6.92 Å². The van der Waals surface area contributed by atoms with E-state index in [0.717, 1.165) is 0 Å². The molecule has 2 N–H and O–H groups in total. The Kier molecular flexibility index (Phi) is 6.43. The molecule has 0 saturated heterocycles. The van der Waals surface area contributed by atoms with Crippen molar-refractivity contribution in [2.45, 2.75) is 6.92 Å². The van der Waals surface area contributed by atoms with Crippen molar-refractivity contribution in [3.8, 4) is 0 Å². The van der Waals surface area contributed by atoms with Crippen molar-refractivity contribution in [2.24, 2.45) is 0 Å². The summed E-state index contributed by atoms with van der Waals surface area (Å²) in [5.41, 5.74) is 6.72. The summed E-state index contributed by atoms with van der Waals surface area (Å²) in [5.74, 6) is 0.572. The Hall–Kier alpha value is -1.02. The van der Waals surface area contributed by atoms with Gasteiger partial charge < -0.3 is 5.73 Å². The molecule has 1 aromatic heterocycles. The van der Waals surface area contributed by atoms with Gasteiger partial charge in [-0.25, -0.2) is 4.98 Å². The van der Waals surface area contributed by atoms with Gasteiger partial charge >= 0.3 is 0 Å².